The average molecular weight is 163 g/mol. The second kappa shape index (κ2) is 7.92. The van der Waals surface area contributed by atoms with Crippen molar-refractivity contribution in [3.8, 4) is 6.19 Å². The molecule has 0 bridgehead atoms. The first kappa shape index (κ1) is 11.7. The van der Waals surface area contributed by atoms with Gasteiger partial charge in [-0.25, -0.2) is 4.79 Å². The standard InChI is InChI=1S/C5H6N2O2.ClH/c1-2-9-5(8)3-7-4-6;/h3H,2H2,1H3;1H. The third-order valence-electron chi connectivity index (χ3n) is 0.514. The van der Waals surface area contributed by atoms with Crippen LogP contribution >= 0.6 is 12.4 Å². The van der Waals surface area contributed by atoms with E-state index in [1.165, 1.54) is 6.19 Å². The van der Waals surface area contributed by atoms with Crippen LogP contribution in [-0.2, 0) is 9.53 Å². The molecule has 0 aliphatic carbocycles. The number of carbonyl (C=O) groups is 1. The van der Waals surface area contributed by atoms with Crippen LogP contribution in [0.4, 0.5) is 0 Å². The number of aliphatic imine (C=N–C) groups is 1. The number of carbonyl (C=O) groups excluding carboxylic acids is 1. The third kappa shape index (κ3) is 6.92. The van der Waals surface area contributed by atoms with Crippen LogP contribution in [0.25, 0.3) is 0 Å². The van der Waals surface area contributed by atoms with Gasteiger partial charge in [-0.3, -0.25) is 0 Å². The largest absolute Gasteiger partial charge is 0.462 e. The molecule has 0 heterocycles. The minimum Gasteiger partial charge on any atom is -0.462 e. The Morgan fingerprint density at radius 3 is 2.90 bits per heavy atom. The summed E-state index contributed by atoms with van der Waals surface area (Å²) in [5.41, 5.74) is 0. The minimum absolute atomic E-state index is 0. The minimum atomic E-state index is -0.584. The molecule has 0 rings (SSSR count). The molecular formula is C5H7ClN2O2. The van der Waals surface area contributed by atoms with Crippen LogP contribution in [0.2, 0.25) is 0 Å². The number of rotatable bonds is 2. The fraction of sp³-hybridized carbons (Fsp3) is 0.400. The number of esters is 1. The Balaban J connectivity index is 0. The Labute approximate surface area is 64.9 Å². The summed E-state index contributed by atoms with van der Waals surface area (Å²) in [6, 6.07) is 0. The Kier molecular flexibility index (Phi) is 9.25. The Bertz CT molecular complexity index is 162. The van der Waals surface area contributed by atoms with Crippen molar-refractivity contribution in [2.24, 2.45) is 4.99 Å². The summed E-state index contributed by atoms with van der Waals surface area (Å²) in [6.45, 7) is 1.98. The van der Waals surface area contributed by atoms with Crippen molar-refractivity contribution in [2.45, 2.75) is 6.92 Å². The maximum Gasteiger partial charge on any atom is 0.350 e. The zero-order chi connectivity index (χ0) is 7.11. The molecule has 56 valence electrons. The lowest BCUT2D eigenvalue weighted by Gasteiger charge is -1.90. The van der Waals surface area contributed by atoms with Gasteiger partial charge in [-0.2, -0.15) is 10.3 Å². The zero-order valence-electron chi connectivity index (χ0n) is 5.40. The van der Waals surface area contributed by atoms with E-state index in [1.807, 2.05) is 0 Å². The Morgan fingerprint density at radius 2 is 2.50 bits per heavy atom. The van der Waals surface area contributed by atoms with Crippen LogP contribution in [0.1, 0.15) is 6.92 Å². The SMILES string of the molecule is CCOC(=O)C=NC#N.Cl. The van der Waals surface area contributed by atoms with Crippen molar-refractivity contribution in [2.75, 3.05) is 6.61 Å². The van der Waals surface area contributed by atoms with Crippen LogP contribution in [0.15, 0.2) is 4.99 Å². The van der Waals surface area contributed by atoms with Crippen molar-refractivity contribution in [1.29, 1.82) is 5.26 Å². The summed E-state index contributed by atoms with van der Waals surface area (Å²) in [5, 5.41) is 7.83. The number of hydrogen-bond acceptors (Lipinski definition) is 4. The third-order valence-corrected chi connectivity index (χ3v) is 0.514. The smallest absolute Gasteiger partial charge is 0.350 e. The highest BCUT2D eigenvalue weighted by Crippen LogP contribution is 1.71. The monoisotopic (exact) mass is 162 g/mol. The Morgan fingerprint density at radius 1 is 1.90 bits per heavy atom. The molecule has 0 N–H and O–H groups in total. The van der Waals surface area contributed by atoms with Gasteiger partial charge in [-0.05, 0) is 6.92 Å². The summed E-state index contributed by atoms with van der Waals surface area (Å²) >= 11 is 0. The summed E-state index contributed by atoms with van der Waals surface area (Å²) in [5.74, 6) is -0.584. The summed E-state index contributed by atoms with van der Waals surface area (Å²) in [4.78, 5) is 13.3. The van der Waals surface area contributed by atoms with Gasteiger partial charge in [0, 0.05) is 0 Å². The van der Waals surface area contributed by atoms with Gasteiger partial charge in [0.05, 0.1) is 6.61 Å². The quantitative estimate of drug-likeness (QED) is 0.338. The van der Waals surface area contributed by atoms with Crippen LogP contribution in [-0.4, -0.2) is 18.8 Å². The molecule has 0 aliphatic heterocycles. The molecule has 4 nitrogen and oxygen atoms in total. The number of hydrogen-bond donors (Lipinski definition) is 0. The number of nitrogens with zero attached hydrogens (tertiary/aromatic N) is 2. The molecule has 0 saturated heterocycles. The summed E-state index contributed by atoms with van der Waals surface area (Å²) in [7, 11) is 0. The van der Waals surface area contributed by atoms with Crippen molar-refractivity contribution in [3.63, 3.8) is 0 Å². The number of halogens is 1. The molecule has 0 amide bonds. The molecule has 10 heavy (non-hydrogen) atoms. The molecule has 0 aromatic rings. The van der Waals surface area contributed by atoms with E-state index in [0.717, 1.165) is 6.21 Å². The first-order valence-corrected chi connectivity index (χ1v) is 2.40. The normalized spacial score (nSPS) is 8.00. The van der Waals surface area contributed by atoms with Gasteiger partial charge < -0.3 is 4.74 Å². The van der Waals surface area contributed by atoms with Crippen LogP contribution < -0.4 is 0 Å². The summed E-state index contributed by atoms with van der Waals surface area (Å²) in [6.07, 6.45) is 2.26. The molecular weight excluding hydrogens is 156 g/mol. The van der Waals surface area contributed by atoms with E-state index in [0.29, 0.717) is 6.61 Å². The van der Waals surface area contributed by atoms with Gasteiger partial charge in [0.15, 0.2) is 0 Å². The molecule has 0 fully saturated rings. The van der Waals surface area contributed by atoms with Crippen molar-refractivity contribution < 1.29 is 9.53 Å². The molecule has 0 radical (unpaired) electrons. The van der Waals surface area contributed by atoms with Gasteiger partial charge in [0.25, 0.3) is 0 Å². The highest BCUT2D eigenvalue weighted by molar-refractivity contribution is 6.23. The molecule has 0 saturated carbocycles. The maximum atomic E-state index is 10.3. The molecule has 0 unspecified atom stereocenters. The predicted octanol–water partition coefficient (Wildman–Crippen LogP) is 0.523. The Hall–Kier alpha value is -1.08. The zero-order valence-corrected chi connectivity index (χ0v) is 6.22. The van der Waals surface area contributed by atoms with Crippen molar-refractivity contribution in [3.05, 3.63) is 0 Å². The van der Waals surface area contributed by atoms with Gasteiger partial charge in [0.1, 0.15) is 6.21 Å². The molecule has 0 aromatic heterocycles. The van der Waals surface area contributed by atoms with Crippen LogP contribution in [0, 0.1) is 11.5 Å². The van der Waals surface area contributed by atoms with Gasteiger partial charge in [0.2, 0.25) is 6.19 Å². The highest BCUT2D eigenvalue weighted by Gasteiger charge is 1.91. The lowest BCUT2D eigenvalue weighted by Crippen LogP contribution is -2.03. The maximum absolute atomic E-state index is 10.3. The molecule has 0 aromatic carbocycles. The van der Waals surface area contributed by atoms with E-state index >= 15 is 0 Å². The molecule has 0 spiro atoms. The van der Waals surface area contributed by atoms with E-state index in [1.54, 1.807) is 6.92 Å². The first-order chi connectivity index (χ1) is 4.31. The summed E-state index contributed by atoms with van der Waals surface area (Å²) < 4.78 is 4.40. The van der Waals surface area contributed by atoms with E-state index in [-0.39, 0.29) is 12.4 Å². The van der Waals surface area contributed by atoms with Gasteiger partial charge >= 0.3 is 5.97 Å². The second-order valence-corrected chi connectivity index (χ2v) is 1.11. The first-order valence-electron chi connectivity index (χ1n) is 2.40. The van der Waals surface area contributed by atoms with Crippen LogP contribution in [0.3, 0.4) is 0 Å². The van der Waals surface area contributed by atoms with Gasteiger partial charge in [-0.1, -0.05) is 0 Å². The van der Waals surface area contributed by atoms with Crippen LogP contribution in [0.5, 0.6) is 0 Å². The van der Waals surface area contributed by atoms with Gasteiger partial charge in [-0.15, -0.1) is 12.4 Å². The molecule has 0 aliphatic rings. The lowest BCUT2D eigenvalue weighted by molar-refractivity contribution is -0.134. The fourth-order valence-electron chi connectivity index (χ4n) is 0.261. The van der Waals surface area contributed by atoms with Crippen molar-refractivity contribution >= 4 is 24.6 Å². The molecule has 0 atom stereocenters. The average Bonchev–Trinajstić information content (AvgIpc) is 1.85. The van der Waals surface area contributed by atoms with E-state index in [2.05, 4.69) is 9.73 Å². The number of ether oxygens (including phenoxy) is 1. The van der Waals surface area contributed by atoms with E-state index in [4.69, 9.17) is 5.26 Å². The lowest BCUT2D eigenvalue weighted by atomic mass is 10.7. The van der Waals surface area contributed by atoms with E-state index in [9.17, 15) is 4.79 Å². The van der Waals surface area contributed by atoms with E-state index < -0.39 is 5.97 Å². The second-order valence-electron chi connectivity index (χ2n) is 1.11. The fourth-order valence-corrected chi connectivity index (χ4v) is 0.261. The van der Waals surface area contributed by atoms with Crippen molar-refractivity contribution in [1.82, 2.24) is 0 Å². The molecule has 5 heteroatoms. The topological polar surface area (TPSA) is 62.4 Å². The predicted molar refractivity (Wildman–Crippen MR) is 38.0 cm³/mol. The number of nitriles is 1. The highest BCUT2D eigenvalue weighted by atomic mass is 35.5.